The van der Waals surface area contributed by atoms with E-state index in [4.69, 9.17) is 29.4 Å². The van der Waals surface area contributed by atoms with Crippen molar-refractivity contribution < 1.29 is 28.5 Å². The van der Waals surface area contributed by atoms with Gasteiger partial charge in [0, 0.05) is 36.7 Å². The fourth-order valence-corrected chi connectivity index (χ4v) is 6.60. The number of nitrogens with one attached hydrogen (secondary N) is 1. The Morgan fingerprint density at radius 2 is 1.86 bits per heavy atom. The average Bonchev–Trinajstić information content (AvgIpc) is 3.11. The first-order valence-corrected chi connectivity index (χ1v) is 17.9. The van der Waals surface area contributed by atoms with Gasteiger partial charge in [0.25, 0.3) is 0 Å². The summed E-state index contributed by atoms with van der Waals surface area (Å²) in [7, 11) is 1.67. The molecule has 2 heterocycles. The number of benzene rings is 3. The molecule has 1 amide bonds. The Hall–Kier alpha value is -3.79. The smallest absolute Gasteiger partial charge is 0.410 e. The van der Waals surface area contributed by atoms with Gasteiger partial charge in [-0.25, -0.2) is 4.79 Å². The lowest BCUT2D eigenvalue weighted by atomic mass is 9.86. The first-order valence-electron chi connectivity index (χ1n) is 17.9. The molecule has 1 unspecified atom stereocenters. The Bertz CT molecular complexity index is 1470. The summed E-state index contributed by atoms with van der Waals surface area (Å²) >= 11 is 0. The molecule has 2 aliphatic heterocycles. The van der Waals surface area contributed by atoms with E-state index in [0.29, 0.717) is 39.5 Å². The van der Waals surface area contributed by atoms with Crippen LogP contribution in [0, 0.1) is 0 Å². The number of para-hydroxylation sites is 1. The van der Waals surface area contributed by atoms with Gasteiger partial charge in [0.05, 0.1) is 45.7 Å². The molecule has 0 radical (unpaired) electrons. The summed E-state index contributed by atoms with van der Waals surface area (Å²) in [4.78, 5) is 15.0. The van der Waals surface area contributed by atoms with Crippen molar-refractivity contribution >= 4 is 11.8 Å². The highest BCUT2D eigenvalue weighted by Crippen LogP contribution is 2.37. The van der Waals surface area contributed by atoms with Crippen LogP contribution in [0.4, 0.5) is 10.5 Å². The summed E-state index contributed by atoms with van der Waals surface area (Å²) in [6, 6.07) is 22.9. The highest BCUT2D eigenvalue weighted by atomic mass is 16.6. The van der Waals surface area contributed by atoms with E-state index in [1.54, 1.807) is 12.0 Å². The summed E-state index contributed by atoms with van der Waals surface area (Å²) in [6.45, 7) is 9.99. The number of hydrogen-bond acceptors (Lipinski definition) is 8. The van der Waals surface area contributed by atoms with Gasteiger partial charge in [-0.1, -0.05) is 42.5 Å². The Labute approximate surface area is 292 Å². The van der Waals surface area contributed by atoms with Crippen LogP contribution in [0.3, 0.4) is 0 Å². The molecule has 0 spiro atoms. The Morgan fingerprint density at radius 3 is 2.63 bits per heavy atom. The Morgan fingerprint density at radius 1 is 1.04 bits per heavy atom. The minimum absolute atomic E-state index is 0.104. The van der Waals surface area contributed by atoms with Gasteiger partial charge in [0.1, 0.15) is 17.1 Å². The lowest BCUT2D eigenvalue weighted by Crippen LogP contribution is -2.48. The molecule has 3 N–H and O–H groups in total. The number of rotatable bonds is 15. The van der Waals surface area contributed by atoms with Gasteiger partial charge >= 0.3 is 6.09 Å². The minimum Gasteiger partial charge on any atom is -0.496 e. The maximum Gasteiger partial charge on any atom is 0.410 e. The van der Waals surface area contributed by atoms with E-state index in [9.17, 15) is 4.79 Å². The normalized spacial score (nSPS) is 18.3. The van der Waals surface area contributed by atoms with Gasteiger partial charge in [0.15, 0.2) is 0 Å². The molecule has 3 aromatic rings. The molecular weight excluding hydrogens is 618 g/mol. The zero-order valence-electron chi connectivity index (χ0n) is 29.7. The topological polar surface area (TPSA) is 105 Å². The number of nitrogens with two attached hydrogens (primary N) is 1. The maximum absolute atomic E-state index is 13.2. The predicted molar refractivity (Wildman–Crippen MR) is 194 cm³/mol. The van der Waals surface area contributed by atoms with Gasteiger partial charge in [-0.2, -0.15) is 0 Å². The average molecular weight is 674 g/mol. The fourth-order valence-electron chi connectivity index (χ4n) is 6.60. The van der Waals surface area contributed by atoms with Crippen LogP contribution in [0.15, 0.2) is 66.7 Å². The summed E-state index contributed by atoms with van der Waals surface area (Å²) in [5, 5.41) is 3.56. The number of methoxy groups -OCH3 is 1. The summed E-state index contributed by atoms with van der Waals surface area (Å²) in [5.41, 5.74) is 11.3. The number of hydrogen-bond donors (Lipinski definition) is 2. The van der Waals surface area contributed by atoms with Crippen molar-refractivity contribution in [2.45, 2.75) is 89.6 Å². The van der Waals surface area contributed by atoms with Crippen molar-refractivity contribution in [1.29, 1.82) is 0 Å². The molecule has 9 nitrogen and oxygen atoms in total. The van der Waals surface area contributed by atoms with Crippen LogP contribution in [0.25, 0.3) is 0 Å². The fraction of sp³-hybridized carbons (Fsp3) is 0.525. The van der Waals surface area contributed by atoms with Crippen molar-refractivity contribution in [2.75, 3.05) is 51.8 Å². The molecule has 3 aromatic carbocycles. The second kappa shape index (κ2) is 17.7. The van der Waals surface area contributed by atoms with Crippen molar-refractivity contribution in [3.05, 3.63) is 89.0 Å². The number of piperidine rings is 1. The molecule has 3 atom stereocenters. The number of fused-ring (bicyclic) bond motifs is 1. The zero-order valence-corrected chi connectivity index (χ0v) is 29.7. The highest BCUT2D eigenvalue weighted by molar-refractivity contribution is 5.68. The summed E-state index contributed by atoms with van der Waals surface area (Å²) in [6.07, 6.45) is 4.77. The number of likely N-dealkylation sites (tertiary alicyclic amines) is 1. The third-order valence-electron chi connectivity index (χ3n) is 9.12. The molecular formula is C40H55N3O6. The van der Waals surface area contributed by atoms with Crippen LogP contribution in [0.2, 0.25) is 0 Å². The molecule has 2 aliphatic rings. The maximum atomic E-state index is 13.2. The van der Waals surface area contributed by atoms with Crippen molar-refractivity contribution in [1.82, 2.24) is 4.90 Å². The predicted octanol–water partition coefficient (Wildman–Crippen LogP) is 7.63. The SMILES string of the molecule is COc1ccccc1COCCCOc1ccc([C@H]2CCN(C(=O)OC(C)(C)C)C[C@@H]2OC(CCCN)c2ccc3c(c2)NCCC3)cc1. The van der Waals surface area contributed by atoms with Crippen LogP contribution in [-0.2, 0) is 27.2 Å². The van der Waals surface area contributed by atoms with Crippen LogP contribution >= 0.6 is 0 Å². The van der Waals surface area contributed by atoms with E-state index in [1.807, 2.05) is 57.2 Å². The Kier molecular flexibility index (Phi) is 13.2. The minimum atomic E-state index is -0.568. The molecule has 49 heavy (non-hydrogen) atoms. The zero-order chi connectivity index (χ0) is 34.6. The molecule has 1 saturated heterocycles. The first kappa shape index (κ1) is 36.5. The largest absolute Gasteiger partial charge is 0.496 e. The second-order valence-electron chi connectivity index (χ2n) is 14.0. The number of ether oxygens (including phenoxy) is 5. The first-order chi connectivity index (χ1) is 23.7. The quantitative estimate of drug-likeness (QED) is 0.159. The number of anilines is 1. The van der Waals surface area contributed by atoms with Crippen LogP contribution < -0.4 is 20.5 Å². The number of carbonyl (C=O) groups is 1. The number of nitrogens with zero attached hydrogens (tertiary/aromatic N) is 1. The van der Waals surface area contributed by atoms with Gasteiger partial charge < -0.3 is 39.6 Å². The highest BCUT2D eigenvalue weighted by Gasteiger charge is 2.36. The summed E-state index contributed by atoms with van der Waals surface area (Å²) < 4.78 is 30.1. The van der Waals surface area contributed by atoms with Crippen molar-refractivity contribution in [3.63, 3.8) is 0 Å². The number of amides is 1. The van der Waals surface area contributed by atoms with E-state index in [0.717, 1.165) is 67.7 Å². The van der Waals surface area contributed by atoms with Crippen LogP contribution in [-0.4, -0.2) is 69.2 Å². The van der Waals surface area contributed by atoms with Gasteiger partial charge in [-0.15, -0.1) is 0 Å². The molecule has 266 valence electrons. The molecule has 5 rings (SSSR count). The number of aryl methyl sites for hydroxylation is 1. The monoisotopic (exact) mass is 673 g/mol. The standard InChI is InChI=1S/C40H55N3O6/c1-40(2,3)49-39(44)43-23-20-34(38(27-43)48-37(13-7-21-41)31-15-14-30-11-8-22-42-35(30)26-31)29-16-18-33(19-17-29)47-25-9-24-46-28-32-10-5-6-12-36(32)45-4/h5-6,10,12,14-19,26,34,37-38,42H,7-9,11,13,20-25,27-28,41H2,1-4H3/t34-,37?,38+/m1/s1. The molecule has 0 saturated carbocycles. The van der Waals surface area contributed by atoms with Gasteiger partial charge in [0.2, 0.25) is 0 Å². The van der Waals surface area contributed by atoms with E-state index >= 15 is 0 Å². The summed E-state index contributed by atoms with van der Waals surface area (Å²) in [5.74, 6) is 1.76. The van der Waals surface area contributed by atoms with Gasteiger partial charge in [-0.3, -0.25) is 0 Å². The Balaban J connectivity index is 1.24. The van der Waals surface area contributed by atoms with Crippen LogP contribution in [0.5, 0.6) is 11.5 Å². The van der Waals surface area contributed by atoms with E-state index in [2.05, 4.69) is 35.6 Å². The lowest BCUT2D eigenvalue weighted by Gasteiger charge is -2.40. The third kappa shape index (κ3) is 10.6. The van der Waals surface area contributed by atoms with Crippen molar-refractivity contribution in [2.24, 2.45) is 5.73 Å². The molecule has 0 aliphatic carbocycles. The molecule has 0 aromatic heterocycles. The molecule has 9 heteroatoms. The molecule has 0 bridgehead atoms. The lowest BCUT2D eigenvalue weighted by molar-refractivity contribution is -0.0679. The molecule has 1 fully saturated rings. The van der Waals surface area contributed by atoms with Crippen molar-refractivity contribution in [3.8, 4) is 11.5 Å². The van der Waals surface area contributed by atoms with E-state index in [1.165, 1.54) is 16.8 Å². The van der Waals surface area contributed by atoms with E-state index < -0.39 is 5.60 Å². The second-order valence-corrected chi connectivity index (χ2v) is 14.0. The van der Waals surface area contributed by atoms with E-state index in [-0.39, 0.29) is 24.2 Å². The number of carbonyl (C=O) groups excluding carboxylic acids is 1. The van der Waals surface area contributed by atoms with Crippen LogP contribution in [0.1, 0.15) is 87.2 Å². The van der Waals surface area contributed by atoms with Gasteiger partial charge in [-0.05, 0) is 100 Å². The third-order valence-corrected chi connectivity index (χ3v) is 9.12.